The molecule has 1 heterocycles. The van der Waals surface area contributed by atoms with Crippen molar-refractivity contribution < 1.29 is 0 Å². The Kier molecular flexibility index (Phi) is 10.3. The summed E-state index contributed by atoms with van der Waals surface area (Å²) in [5.74, 6) is 0.181. The molecule has 13 rings (SSSR count). The minimum atomic E-state index is -0.442. The lowest BCUT2D eigenvalue weighted by Gasteiger charge is -2.33. The Morgan fingerprint density at radius 1 is 0.314 bits per heavy atom. The molecule has 1 atom stereocenters. The van der Waals surface area contributed by atoms with Crippen molar-refractivity contribution in [2.45, 2.75) is 17.8 Å². The van der Waals surface area contributed by atoms with Crippen LogP contribution in [-0.4, -0.2) is 4.57 Å². The average Bonchev–Trinajstić information content (AvgIpc) is 3.93. The Balaban J connectivity index is 0.881. The summed E-state index contributed by atoms with van der Waals surface area (Å²) in [6.45, 7) is 0. The number of fused-ring (bicyclic) bond motifs is 6. The lowest BCUT2D eigenvalue weighted by Crippen LogP contribution is -2.28. The monoisotopic (exact) mass is 891 g/mol. The van der Waals surface area contributed by atoms with Crippen LogP contribution < -0.4 is 0 Å². The zero-order valence-corrected chi connectivity index (χ0v) is 38.8. The van der Waals surface area contributed by atoms with Crippen LogP contribution in [0.3, 0.4) is 0 Å². The summed E-state index contributed by atoms with van der Waals surface area (Å²) in [5, 5.41) is 2.50. The van der Waals surface area contributed by atoms with Crippen LogP contribution in [0.15, 0.2) is 279 Å². The fourth-order valence-electron chi connectivity index (χ4n) is 11.6. The molecule has 1 aromatic heterocycles. The number of nitrogens with zero attached hydrogens (tertiary/aromatic N) is 1. The summed E-state index contributed by atoms with van der Waals surface area (Å²) in [6, 6.07) is 103. The van der Waals surface area contributed by atoms with Gasteiger partial charge in [-0.3, -0.25) is 0 Å². The van der Waals surface area contributed by atoms with Gasteiger partial charge in [-0.1, -0.05) is 255 Å². The number of hydrogen-bond acceptors (Lipinski definition) is 0. The Morgan fingerprint density at radius 2 is 0.814 bits per heavy atom. The highest BCUT2D eigenvalue weighted by Gasteiger charge is 2.46. The third-order valence-electron chi connectivity index (χ3n) is 14.9. The highest BCUT2D eigenvalue weighted by Crippen LogP contribution is 2.56. The average molecular weight is 892 g/mol. The van der Waals surface area contributed by atoms with Gasteiger partial charge < -0.3 is 4.57 Å². The number of aromatic nitrogens is 1. The van der Waals surface area contributed by atoms with E-state index in [2.05, 4.69) is 284 Å². The van der Waals surface area contributed by atoms with E-state index in [1.165, 1.54) is 105 Å². The van der Waals surface area contributed by atoms with Crippen LogP contribution in [0.1, 0.15) is 44.9 Å². The first-order chi connectivity index (χ1) is 34.7. The van der Waals surface area contributed by atoms with E-state index in [9.17, 15) is 0 Å². The molecule has 1 unspecified atom stereocenters. The Morgan fingerprint density at radius 3 is 1.51 bits per heavy atom. The molecule has 0 amide bonds. The van der Waals surface area contributed by atoms with Gasteiger partial charge in [0.2, 0.25) is 0 Å². The fraction of sp³-hybridized carbons (Fsp3) is 0.0435. The maximum atomic E-state index is 2.49. The van der Waals surface area contributed by atoms with Crippen molar-refractivity contribution in [1.29, 1.82) is 0 Å². The quantitative estimate of drug-likeness (QED) is 0.129. The molecular weight excluding hydrogens is 843 g/mol. The van der Waals surface area contributed by atoms with Crippen molar-refractivity contribution in [3.8, 4) is 50.2 Å². The van der Waals surface area contributed by atoms with E-state index in [4.69, 9.17) is 0 Å². The summed E-state index contributed by atoms with van der Waals surface area (Å²) >= 11 is 0. The number of benzene rings is 11. The molecule has 1 heteroatoms. The minimum Gasteiger partial charge on any atom is -0.309 e. The first kappa shape index (κ1) is 41.4. The van der Waals surface area contributed by atoms with E-state index in [0.717, 1.165) is 12.1 Å². The van der Waals surface area contributed by atoms with E-state index in [0.29, 0.717) is 0 Å². The van der Waals surface area contributed by atoms with Gasteiger partial charge in [0.1, 0.15) is 0 Å². The number of para-hydroxylation sites is 1. The van der Waals surface area contributed by atoms with Gasteiger partial charge in [-0.25, -0.2) is 0 Å². The molecule has 0 aliphatic heterocycles. The summed E-state index contributed by atoms with van der Waals surface area (Å²) in [7, 11) is 0. The summed E-state index contributed by atoms with van der Waals surface area (Å²) in [5.41, 5.74) is 22.1. The van der Waals surface area contributed by atoms with Gasteiger partial charge in [0.25, 0.3) is 0 Å². The summed E-state index contributed by atoms with van der Waals surface area (Å²) < 4.78 is 2.49. The predicted molar refractivity (Wildman–Crippen MR) is 293 cm³/mol. The first-order valence-electron chi connectivity index (χ1n) is 24.5. The van der Waals surface area contributed by atoms with Gasteiger partial charge in [-0.05, 0) is 114 Å². The molecule has 0 spiro atoms. The topological polar surface area (TPSA) is 4.93 Å². The van der Waals surface area contributed by atoms with Crippen molar-refractivity contribution in [2.24, 2.45) is 0 Å². The Hall–Kier alpha value is -8.78. The van der Waals surface area contributed by atoms with Gasteiger partial charge in [0.15, 0.2) is 0 Å². The van der Waals surface area contributed by atoms with Crippen LogP contribution in [0.4, 0.5) is 0 Å². The van der Waals surface area contributed by atoms with Crippen molar-refractivity contribution >= 4 is 21.8 Å². The second-order valence-electron chi connectivity index (χ2n) is 18.8. The molecule has 70 heavy (non-hydrogen) atoms. The van der Waals surface area contributed by atoms with E-state index >= 15 is 0 Å². The van der Waals surface area contributed by atoms with Gasteiger partial charge in [-0.15, -0.1) is 0 Å². The Labute approximate surface area is 410 Å². The molecule has 0 saturated heterocycles. The highest BCUT2D eigenvalue weighted by atomic mass is 15.0. The SMILES string of the molecule is c1ccc(-c2ccc(-c3ccc(CC(c4ccccc4)c4cccc(-c5ccc6c7ccccc7n(-c7ccc8c(c7)-c7ccccc7C8(c7ccccc7)c7ccccc7)c6c5)c4)cc3)cc2)cc1. The molecule has 1 aliphatic carbocycles. The van der Waals surface area contributed by atoms with E-state index in [1.807, 2.05) is 0 Å². The zero-order chi connectivity index (χ0) is 46.4. The van der Waals surface area contributed by atoms with Crippen LogP contribution in [0, 0.1) is 0 Å². The standard InChI is InChI=1S/C69H49N/c1-5-18-49(19-6-1)51-36-38-52(39-37-51)50-34-32-48(33-35-50)44-63(53-20-7-2-8-21-53)56-23-17-22-54(45-56)55-40-42-62-61-29-14-16-31-67(61)70(68(62)46-55)59-41-43-66-64(47-59)60-28-13-15-30-65(60)69(66,57-24-9-3-10-25-57)58-26-11-4-12-27-58/h1-43,45-47,63H,44H2. The van der Waals surface area contributed by atoms with E-state index in [-0.39, 0.29) is 5.92 Å². The summed E-state index contributed by atoms with van der Waals surface area (Å²) in [4.78, 5) is 0. The molecule has 11 aromatic carbocycles. The molecule has 1 nitrogen and oxygen atoms in total. The molecule has 330 valence electrons. The second kappa shape index (κ2) is 17.4. The van der Waals surface area contributed by atoms with Crippen LogP contribution in [0.2, 0.25) is 0 Å². The normalized spacial score (nSPS) is 13.0. The van der Waals surface area contributed by atoms with Crippen LogP contribution in [0.25, 0.3) is 72.0 Å². The van der Waals surface area contributed by atoms with Gasteiger partial charge in [-0.2, -0.15) is 0 Å². The Bertz CT molecular complexity index is 3770. The van der Waals surface area contributed by atoms with Crippen molar-refractivity contribution in [1.82, 2.24) is 4.57 Å². The molecule has 0 bridgehead atoms. The zero-order valence-electron chi connectivity index (χ0n) is 38.8. The largest absolute Gasteiger partial charge is 0.309 e. The molecule has 0 radical (unpaired) electrons. The lowest BCUT2D eigenvalue weighted by atomic mass is 9.68. The van der Waals surface area contributed by atoms with Crippen molar-refractivity contribution in [3.63, 3.8) is 0 Å². The molecule has 1 aliphatic rings. The number of rotatable bonds is 10. The van der Waals surface area contributed by atoms with E-state index < -0.39 is 5.41 Å². The van der Waals surface area contributed by atoms with E-state index in [1.54, 1.807) is 0 Å². The second-order valence-corrected chi connectivity index (χ2v) is 18.8. The third kappa shape index (κ3) is 7.01. The van der Waals surface area contributed by atoms with Crippen LogP contribution in [0.5, 0.6) is 0 Å². The molecular formula is C69H49N. The van der Waals surface area contributed by atoms with Crippen LogP contribution >= 0.6 is 0 Å². The van der Waals surface area contributed by atoms with Crippen LogP contribution in [-0.2, 0) is 11.8 Å². The summed E-state index contributed by atoms with van der Waals surface area (Å²) in [6.07, 6.45) is 0.894. The predicted octanol–water partition coefficient (Wildman–Crippen LogP) is 17.5. The number of hydrogen-bond donors (Lipinski definition) is 0. The molecule has 0 fully saturated rings. The van der Waals surface area contributed by atoms with Gasteiger partial charge in [0, 0.05) is 22.4 Å². The van der Waals surface area contributed by atoms with Crippen molar-refractivity contribution in [3.05, 3.63) is 318 Å². The molecule has 12 aromatic rings. The fourth-order valence-corrected chi connectivity index (χ4v) is 11.6. The van der Waals surface area contributed by atoms with Crippen molar-refractivity contribution in [2.75, 3.05) is 0 Å². The minimum absolute atomic E-state index is 0.181. The molecule has 0 saturated carbocycles. The molecule has 0 N–H and O–H groups in total. The van der Waals surface area contributed by atoms with Gasteiger partial charge >= 0.3 is 0 Å². The maximum absolute atomic E-state index is 2.49. The highest BCUT2D eigenvalue weighted by molar-refractivity contribution is 6.10. The maximum Gasteiger partial charge on any atom is 0.0713 e. The third-order valence-corrected chi connectivity index (χ3v) is 14.9. The van der Waals surface area contributed by atoms with Gasteiger partial charge in [0.05, 0.1) is 16.4 Å². The smallest absolute Gasteiger partial charge is 0.0713 e. The lowest BCUT2D eigenvalue weighted by molar-refractivity contribution is 0.768. The first-order valence-corrected chi connectivity index (χ1v) is 24.5.